The van der Waals surface area contributed by atoms with Crippen molar-refractivity contribution in [2.24, 2.45) is 7.05 Å². The van der Waals surface area contributed by atoms with Crippen molar-refractivity contribution < 1.29 is 9.53 Å². The first-order valence-corrected chi connectivity index (χ1v) is 5.68. The van der Waals surface area contributed by atoms with Crippen molar-refractivity contribution in [3.05, 3.63) is 18.0 Å². The molecule has 1 N–H and O–H groups in total. The zero-order chi connectivity index (χ0) is 11.8. The number of amides is 1. The number of aromatic nitrogens is 2. The molecule has 5 nitrogen and oxygen atoms in total. The molecular weight excluding hydrogens is 230 g/mol. The quantitative estimate of drug-likeness (QED) is 0.571. The van der Waals surface area contributed by atoms with Crippen LogP contribution in [0.5, 0.6) is 0 Å². The number of hydrogen-bond donors (Lipinski definition) is 1. The van der Waals surface area contributed by atoms with Gasteiger partial charge in [0.15, 0.2) is 0 Å². The van der Waals surface area contributed by atoms with E-state index in [1.54, 1.807) is 24.1 Å². The number of halogens is 1. The summed E-state index contributed by atoms with van der Waals surface area (Å²) in [5.41, 5.74) is 0.573. The zero-order valence-corrected chi connectivity index (χ0v) is 10.0. The van der Waals surface area contributed by atoms with Crippen molar-refractivity contribution in [1.82, 2.24) is 15.1 Å². The Labute approximate surface area is 99.7 Å². The van der Waals surface area contributed by atoms with Crippen LogP contribution >= 0.6 is 11.6 Å². The van der Waals surface area contributed by atoms with Crippen LogP contribution in [0.4, 0.5) is 0 Å². The van der Waals surface area contributed by atoms with Gasteiger partial charge >= 0.3 is 0 Å². The van der Waals surface area contributed by atoms with Crippen molar-refractivity contribution in [3.8, 4) is 0 Å². The third kappa shape index (κ3) is 4.63. The summed E-state index contributed by atoms with van der Waals surface area (Å²) in [6.45, 7) is 1.76. The van der Waals surface area contributed by atoms with Gasteiger partial charge in [0.05, 0.1) is 18.4 Å². The highest BCUT2D eigenvalue weighted by atomic mass is 35.5. The highest BCUT2D eigenvalue weighted by Crippen LogP contribution is 1.95. The highest BCUT2D eigenvalue weighted by Gasteiger charge is 2.05. The predicted molar refractivity (Wildman–Crippen MR) is 61.7 cm³/mol. The van der Waals surface area contributed by atoms with Crippen LogP contribution in [0.25, 0.3) is 0 Å². The molecule has 0 saturated carbocycles. The van der Waals surface area contributed by atoms with E-state index in [1.165, 1.54) is 0 Å². The van der Waals surface area contributed by atoms with Crippen LogP contribution in [0.3, 0.4) is 0 Å². The summed E-state index contributed by atoms with van der Waals surface area (Å²) in [4.78, 5) is 11.5. The van der Waals surface area contributed by atoms with Gasteiger partial charge in [-0.2, -0.15) is 5.10 Å². The van der Waals surface area contributed by atoms with Crippen molar-refractivity contribution in [3.63, 3.8) is 0 Å². The van der Waals surface area contributed by atoms with Gasteiger partial charge < -0.3 is 10.1 Å². The van der Waals surface area contributed by atoms with Crippen molar-refractivity contribution in [1.29, 1.82) is 0 Å². The van der Waals surface area contributed by atoms with Crippen LogP contribution in [-0.2, 0) is 11.8 Å². The van der Waals surface area contributed by atoms with Crippen LogP contribution in [0.15, 0.2) is 12.4 Å². The zero-order valence-electron chi connectivity index (χ0n) is 9.28. The fraction of sp³-hybridized carbons (Fsp3) is 0.600. The Kier molecular flexibility index (Phi) is 5.88. The maximum absolute atomic E-state index is 11.5. The van der Waals surface area contributed by atoms with Gasteiger partial charge in [-0.15, -0.1) is 11.6 Å². The molecule has 0 aliphatic rings. The average molecular weight is 246 g/mol. The second kappa shape index (κ2) is 7.24. The molecular formula is C10H16ClN3O2. The predicted octanol–water partition coefficient (Wildman–Crippen LogP) is 0.795. The number of hydrogen-bond acceptors (Lipinski definition) is 3. The molecule has 0 aliphatic heterocycles. The Morgan fingerprint density at radius 2 is 2.44 bits per heavy atom. The Morgan fingerprint density at radius 1 is 1.62 bits per heavy atom. The van der Waals surface area contributed by atoms with Gasteiger partial charge in [0, 0.05) is 32.3 Å². The Balaban J connectivity index is 2.11. The number of rotatable bonds is 7. The van der Waals surface area contributed by atoms with Crippen molar-refractivity contribution in [2.45, 2.75) is 6.42 Å². The monoisotopic (exact) mass is 245 g/mol. The molecule has 0 atom stereocenters. The van der Waals surface area contributed by atoms with Crippen LogP contribution in [-0.4, -0.2) is 41.3 Å². The molecule has 1 rings (SSSR count). The van der Waals surface area contributed by atoms with Crippen LogP contribution in [0, 0.1) is 0 Å². The number of alkyl halides is 1. The van der Waals surface area contributed by atoms with Gasteiger partial charge in [-0.05, 0) is 6.42 Å². The molecule has 0 aliphatic carbocycles. The lowest BCUT2D eigenvalue weighted by Crippen LogP contribution is -2.25. The average Bonchev–Trinajstić information content (AvgIpc) is 2.70. The van der Waals surface area contributed by atoms with E-state index >= 15 is 0 Å². The normalized spacial score (nSPS) is 10.4. The smallest absolute Gasteiger partial charge is 0.254 e. The summed E-state index contributed by atoms with van der Waals surface area (Å²) in [6, 6.07) is 0. The lowest BCUT2D eigenvalue weighted by molar-refractivity contribution is 0.0944. The molecule has 6 heteroatoms. The summed E-state index contributed by atoms with van der Waals surface area (Å²) in [5.74, 6) is 0.396. The minimum Gasteiger partial charge on any atom is -0.380 e. The summed E-state index contributed by atoms with van der Waals surface area (Å²) < 4.78 is 6.77. The molecule has 0 fully saturated rings. The molecule has 16 heavy (non-hydrogen) atoms. The molecule has 0 aromatic carbocycles. The number of nitrogens with zero attached hydrogens (tertiary/aromatic N) is 2. The molecule has 1 aromatic heterocycles. The Hall–Kier alpha value is -1.07. The molecule has 0 spiro atoms. The lowest BCUT2D eigenvalue weighted by Gasteiger charge is -2.03. The number of aryl methyl sites for hydroxylation is 1. The highest BCUT2D eigenvalue weighted by molar-refractivity contribution is 6.17. The summed E-state index contributed by atoms with van der Waals surface area (Å²) in [7, 11) is 1.77. The van der Waals surface area contributed by atoms with E-state index in [-0.39, 0.29) is 5.91 Å². The van der Waals surface area contributed by atoms with Gasteiger partial charge in [-0.25, -0.2) is 0 Å². The first-order chi connectivity index (χ1) is 7.74. The molecule has 0 bridgehead atoms. The second-order valence-electron chi connectivity index (χ2n) is 3.31. The summed E-state index contributed by atoms with van der Waals surface area (Å²) in [5, 5.41) is 6.71. The van der Waals surface area contributed by atoms with Crippen LogP contribution < -0.4 is 5.32 Å². The third-order valence-electron chi connectivity index (χ3n) is 1.94. The van der Waals surface area contributed by atoms with E-state index in [0.29, 0.717) is 31.2 Å². The molecule has 0 radical (unpaired) electrons. The topological polar surface area (TPSA) is 56.2 Å². The van der Waals surface area contributed by atoms with Crippen molar-refractivity contribution >= 4 is 17.5 Å². The second-order valence-corrected chi connectivity index (χ2v) is 3.69. The molecule has 1 aromatic rings. The minimum absolute atomic E-state index is 0.106. The van der Waals surface area contributed by atoms with Crippen LogP contribution in [0.2, 0.25) is 0 Å². The fourth-order valence-corrected chi connectivity index (χ4v) is 1.28. The van der Waals surface area contributed by atoms with E-state index in [9.17, 15) is 4.79 Å². The largest absolute Gasteiger partial charge is 0.380 e. The Bertz CT molecular complexity index is 328. The molecule has 1 amide bonds. The standard InChI is InChI=1S/C10H16ClN3O2/c1-14-8-9(7-13-14)10(15)12-4-2-5-16-6-3-11/h7-8H,2-6H2,1H3,(H,12,15). The Morgan fingerprint density at radius 3 is 3.06 bits per heavy atom. The minimum atomic E-state index is -0.106. The fourth-order valence-electron chi connectivity index (χ4n) is 1.17. The van der Waals surface area contributed by atoms with Crippen LogP contribution in [0.1, 0.15) is 16.8 Å². The van der Waals surface area contributed by atoms with Gasteiger partial charge in [-0.1, -0.05) is 0 Å². The van der Waals surface area contributed by atoms with E-state index in [0.717, 1.165) is 6.42 Å². The lowest BCUT2D eigenvalue weighted by atomic mass is 10.3. The van der Waals surface area contributed by atoms with E-state index < -0.39 is 0 Å². The van der Waals surface area contributed by atoms with Gasteiger partial charge in [-0.3, -0.25) is 9.48 Å². The van der Waals surface area contributed by atoms with E-state index in [2.05, 4.69) is 10.4 Å². The summed E-state index contributed by atoms with van der Waals surface area (Å²) >= 11 is 5.44. The third-order valence-corrected chi connectivity index (χ3v) is 2.09. The first kappa shape index (κ1) is 13.0. The molecule has 1 heterocycles. The molecule has 90 valence electrons. The molecule has 0 saturated heterocycles. The number of carbonyl (C=O) groups excluding carboxylic acids is 1. The maximum atomic E-state index is 11.5. The molecule has 0 unspecified atom stereocenters. The summed E-state index contributed by atoms with van der Waals surface area (Å²) in [6.07, 6.45) is 4.00. The van der Waals surface area contributed by atoms with E-state index in [4.69, 9.17) is 16.3 Å². The number of carbonyl (C=O) groups is 1. The first-order valence-electron chi connectivity index (χ1n) is 5.14. The van der Waals surface area contributed by atoms with Gasteiger partial charge in [0.2, 0.25) is 0 Å². The maximum Gasteiger partial charge on any atom is 0.254 e. The van der Waals surface area contributed by atoms with E-state index in [1.807, 2.05) is 0 Å². The van der Waals surface area contributed by atoms with Crippen molar-refractivity contribution in [2.75, 3.05) is 25.6 Å². The van der Waals surface area contributed by atoms with Gasteiger partial charge in [0.25, 0.3) is 5.91 Å². The van der Waals surface area contributed by atoms with Gasteiger partial charge in [0.1, 0.15) is 0 Å². The SMILES string of the molecule is Cn1cc(C(=O)NCCCOCCCl)cn1. The number of ether oxygens (including phenoxy) is 1. The number of nitrogens with one attached hydrogen (secondary N) is 1.